The molecule has 1 aliphatic rings. The molecule has 0 radical (unpaired) electrons. The molecule has 11 heteroatoms. The number of H-pyrrole nitrogens is 1. The third kappa shape index (κ3) is 5.17. The largest absolute Gasteiger partial charge is 0.496 e. The maximum Gasteiger partial charge on any atom is 0.268 e. The molecule has 0 bridgehead atoms. The number of methoxy groups -OCH3 is 1. The first-order valence-electron chi connectivity index (χ1n) is 11.8. The minimum atomic E-state index is -0.948. The number of hydrogen-bond donors (Lipinski definition) is 4. The van der Waals surface area contributed by atoms with Crippen molar-refractivity contribution in [3.63, 3.8) is 0 Å². The monoisotopic (exact) mass is 519 g/mol. The molecule has 2 aromatic carbocycles. The van der Waals surface area contributed by atoms with Gasteiger partial charge in [0, 0.05) is 23.4 Å². The van der Waals surface area contributed by atoms with Gasteiger partial charge >= 0.3 is 0 Å². The van der Waals surface area contributed by atoms with E-state index in [0.717, 1.165) is 15.6 Å². The topological polar surface area (TPSA) is 142 Å². The third-order valence-electron chi connectivity index (χ3n) is 6.34. The van der Waals surface area contributed by atoms with E-state index in [1.165, 1.54) is 11.3 Å². The molecule has 1 saturated heterocycles. The molecule has 3 heterocycles. The van der Waals surface area contributed by atoms with E-state index in [1.54, 1.807) is 25.3 Å². The zero-order chi connectivity index (χ0) is 25.9. The first-order valence-corrected chi connectivity index (χ1v) is 12.7. The predicted octanol–water partition coefficient (Wildman–Crippen LogP) is 2.41. The van der Waals surface area contributed by atoms with Gasteiger partial charge in [-0.25, -0.2) is 4.98 Å². The molecule has 0 aliphatic carbocycles. The van der Waals surface area contributed by atoms with Crippen molar-refractivity contribution in [3.05, 3.63) is 59.2 Å². The van der Waals surface area contributed by atoms with Crippen LogP contribution in [0.15, 0.2) is 48.5 Å². The Bertz CT molecular complexity index is 1480. The van der Waals surface area contributed by atoms with Gasteiger partial charge < -0.3 is 25.7 Å². The lowest BCUT2D eigenvalue weighted by Crippen LogP contribution is -2.46. The van der Waals surface area contributed by atoms with Crippen LogP contribution in [0.25, 0.3) is 21.1 Å². The van der Waals surface area contributed by atoms with Gasteiger partial charge in [-0.3, -0.25) is 19.2 Å². The zero-order valence-electron chi connectivity index (χ0n) is 20.0. The van der Waals surface area contributed by atoms with Gasteiger partial charge in [-0.2, -0.15) is 0 Å². The number of benzene rings is 2. The number of amides is 3. The molecule has 190 valence electrons. The second-order valence-corrected chi connectivity index (χ2v) is 9.80. The number of Topliss-reactive ketones (excluding diaryl/α,β-unsaturated/α-hetero) is 1. The number of carbonyl (C=O) groups excluding carboxylic acids is 4. The number of fused-ring (bicyclic) bond motifs is 2. The number of aromatic amines is 1. The summed E-state index contributed by atoms with van der Waals surface area (Å²) in [5.74, 6) is -1.28. The van der Waals surface area contributed by atoms with Gasteiger partial charge in [-0.15, -0.1) is 11.3 Å². The minimum absolute atomic E-state index is 0.140. The number of rotatable bonds is 9. The van der Waals surface area contributed by atoms with Crippen molar-refractivity contribution in [2.24, 2.45) is 5.92 Å². The van der Waals surface area contributed by atoms with Crippen LogP contribution in [-0.2, 0) is 9.59 Å². The van der Waals surface area contributed by atoms with Crippen LogP contribution in [0.1, 0.15) is 33.1 Å². The highest BCUT2D eigenvalue weighted by molar-refractivity contribution is 7.20. The average Bonchev–Trinajstić information content (AvgIpc) is 3.64. The van der Waals surface area contributed by atoms with Gasteiger partial charge in [0.25, 0.3) is 5.91 Å². The maximum atomic E-state index is 13.4. The number of para-hydroxylation sites is 1. The second kappa shape index (κ2) is 10.4. The lowest BCUT2D eigenvalue weighted by atomic mass is 9.96. The molecule has 4 aromatic rings. The Morgan fingerprint density at radius 3 is 2.78 bits per heavy atom. The standard InChI is InChI=1S/C26H25N5O5S/c1-36-20-7-4-6-16-15(20)12-19(29-16)25(35)28-13-22(32)30-18(11-14-9-10-27-24(14)34)23(33)26-31-17-5-2-3-8-21(17)37-26/h2-8,12,14,18,29H,9-11,13H2,1H3,(H,27,34)(H,28,35)(H,30,32). The Labute approximate surface area is 215 Å². The lowest BCUT2D eigenvalue weighted by Gasteiger charge is -2.19. The van der Waals surface area contributed by atoms with Gasteiger partial charge in [0.1, 0.15) is 11.4 Å². The Morgan fingerprint density at radius 2 is 2.03 bits per heavy atom. The molecule has 2 unspecified atom stereocenters. The molecule has 2 aromatic heterocycles. The summed E-state index contributed by atoms with van der Waals surface area (Å²) in [6.07, 6.45) is 0.737. The minimum Gasteiger partial charge on any atom is -0.496 e. The van der Waals surface area contributed by atoms with E-state index < -0.39 is 17.9 Å². The molecule has 10 nitrogen and oxygen atoms in total. The van der Waals surface area contributed by atoms with Crippen LogP contribution < -0.4 is 20.7 Å². The van der Waals surface area contributed by atoms with Crippen LogP contribution >= 0.6 is 11.3 Å². The first-order chi connectivity index (χ1) is 17.9. The van der Waals surface area contributed by atoms with Crippen LogP contribution in [0.3, 0.4) is 0 Å². The number of thiazole rings is 1. The summed E-state index contributed by atoms with van der Waals surface area (Å²) in [7, 11) is 1.55. The van der Waals surface area contributed by atoms with Gasteiger partial charge in [0.2, 0.25) is 17.6 Å². The number of ketones is 1. The summed E-state index contributed by atoms with van der Waals surface area (Å²) in [6, 6.07) is 13.5. The Morgan fingerprint density at radius 1 is 1.19 bits per heavy atom. The maximum absolute atomic E-state index is 13.4. The Balaban J connectivity index is 1.28. The number of hydrogen-bond acceptors (Lipinski definition) is 7. The normalized spacial score (nSPS) is 15.9. The highest BCUT2D eigenvalue weighted by Crippen LogP contribution is 2.26. The van der Waals surface area contributed by atoms with Gasteiger partial charge in [0.05, 0.1) is 29.9 Å². The van der Waals surface area contributed by atoms with Crippen molar-refractivity contribution in [2.45, 2.75) is 18.9 Å². The fourth-order valence-electron chi connectivity index (χ4n) is 4.44. The summed E-state index contributed by atoms with van der Waals surface area (Å²) in [6.45, 7) is 0.191. The molecule has 4 N–H and O–H groups in total. The summed E-state index contributed by atoms with van der Waals surface area (Å²) in [4.78, 5) is 58.4. The summed E-state index contributed by atoms with van der Waals surface area (Å²) < 4.78 is 6.18. The van der Waals surface area contributed by atoms with Gasteiger partial charge in [-0.05, 0) is 43.2 Å². The predicted molar refractivity (Wildman–Crippen MR) is 139 cm³/mol. The summed E-state index contributed by atoms with van der Waals surface area (Å²) >= 11 is 1.24. The van der Waals surface area contributed by atoms with Gasteiger partial charge in [-0.1, -0.05) is 18.2 Å². The molecule has 37 heavy (non-hydrogen) atoms. The number of carbonyl (C=O) groups is 4. The van der Waals surface area contributed by atoms with E-state index in [1.807, 2.05) is 30.3 Å². The van der Waals surface area contributed by atoms with Crippen molar-refractivity contribution >= 4 is 56.0 Å². The Kier molecular flexibility index (Phi) is 6.87. The molecule has 1 fully saturated rings. The molecule has 0 spiro atoms. The van der Waals surface area contributed by atoms with Crippen molar-refractivity contribution in [3.8, 4) is 5.75 Å². The smallest absolute Gasteiger partial charge is 0.268 e. The molecular weight excluding hydrogens is 494 g/mol. The van der Waals surface area contributed by atoms with Crippen molar-refractivity contribution < 1.29 is 23.9 Å². The highest BCUT2D eigenvalue weighted by Gasteiger charge is 2.33. The number of nitrogens with one attached hydrogen (secondary N) is 4. The molecule has 5 rings (SSSR count). The zero-order valence-corrected chi connectivity index (χ0v) is 20.8. The fourth-order valence-corrected chi connectivity index (χ4v) is 5.40. The molecule has 2 atom stereocenters. The first kappa shape index (κ1) is 24.4. The third-order valence-corrected chi connectivity index (χ3v) is 7.39. The second-order valence-electron chi connectivity index (χ2n) is 8.77. The van der Waals surface area contributed by atoms with Gasteiger partial charge in [0.15, 0.2) is 5.01 Å². The van der Waals surface area contributed by atoms with Crippen molar-refractivity contribution in [1.29, 1.82) is 0 Å². The highest BCUT2D eigenvalue weighted by atomic mass is 32.1. The van der Waals surface area contributed by atoms with E-state index in [-0.39, 0.29) is 41.3 Å². The number of nitrogens with zero attached hydrogens (tertiary/aromatic N) is 1. The van der Waals surface area contributed by atoms with E-state index in [2.05, 4.69) is 25.9 Å². The van der Waals surface area contributed by atoms with E-state index >= 15 is 0 Å². The van der Waals surface area contributed by atoms with E-state index in [9.17, 15) is 19.2 Å². The summed E-state index contributed by atoms with van der Waals surface area (Å²) in [5.41, 5.74) is 1.70. The van der Waals surface area contributed by atoms with Crippen molar-refractivity contribution in [1.82, 2.24) is 25.9 Å². The van der Waals surface area contributed by atoms with Crippen LogP contribution in [-0.4, -0.2) is 59.7 Å². The molecule has 1 aliphatic heterocycles. The SMILES string of the molecule is COc1cccc2[nH]c(C(=O)NCC(=O)NC(CC3CCNC3=O)C(=O)c3nc4ccccc4s3)cc12. The van der Waals surface area contributed by atoms with Crippen LogP contribution in [0.2, 0.25) is 0 Å². The van der Waals surface area contributed by atoms with Crippen molar-refractivity contribution in [2.75, 3.05) is 20.2 Å². The van der Waals surface area contributed by atoms with Crippen LogP contribution in [0, 0.1) is 5.92 Å². The van der Waals surface area contributed by atoms with Crippen LogP contribution in [0.5, 0.6) is 5.75 Å². The molecule has 3 amide bonds. The van der Waals surface area contributed by atoms with E-state index in [0.29, 0.717) is 24.2 Å². The number of aromatic nitrogens is 2. The van der Waals surface area contributed by atoms with E-state index in [4.69, 9.17) is 4.74 Å². The molecule has 0 saturated carbocycles. The Hall–Kier alpha value is -4.25. The lowest BCUT2D eigenvalue weighted by molar-refractivity contribution is -0.124. The fraction of sp³-hybridized carbons (Fsp3) is 0.269. The quantitative estimate of drug-likeness (QED) is 0.250. The number of ether oxygens (including phenoxy) is 1. The average molecular weight is 520 g/mol. The summed E-state index contributed by atoms with van der Waals surface area (Å²) in [5, 5.41) is 9.06. The van der Waals surface area contributed by atoms with Crippen LogP contribution in [0.4, 0.5) is 0 Å². The molecular formula is C26H25N5O5S.